The molecule has 1 aliphatic rings. The van der Waals surface area contributed by atoms with Gasteiger partial charge >= 0.3 is 5.97 Å². The summed E-state index contributed by atoms with van der Waals surface area (Å²) in [7, 11) is 0. The van der Waals surface area contributed by atoms with E-state index in [0.717, 1.165) is 18.5 Å². The Hall–Kier alpha value is -1.84. The van der Waals surface area contributed by atoms with E-state index < -0.39 is 5.97 Å². The zero-order valence-electron chi connectivity index (χ0n) is 13.9. The van der Waals surface area contributed by atoms with Crippen molar-refractivity contribution in [3.8, 4) is 0 Å². The summed E-state index contributed by atoms with van der Waals surface area (Å²) >= 11 is 0. The number of nitrogens with zero attached hydrogens (tertiary/aromatic N) is 1. The SMILES string of the molecule is O=C(O)c1cccc(NN=C2CCCCCCCCCCC2)c1. The second kappa shape index (κ2) is 10.0. The van der Waals surface area contributed by atoms with Gasteiger partial charge < -0.3 is 5.11 Å². The third kappa shape index (κ3) is 6.85. The summed E-state index contributed by atoms with van der Waals surface area (Å²) in [6, 6.07) is 6.82. The number of aromatic carboxylic acids is 1. The number of nitrogens with one attached hydrogen (secondary N) is 1. The number of carboxylic acids is 1. The van der Waals surface area contributed by atoms with Gasteiger partial charge in [-0.15, -0.1) is 0 Å². The van der Waals surface area contributed by atoms with Crippen LogP contribution in [0.2, 0.25) is 0 Å². The summed E-state index contributed by atoms with van der Waals surface area (Å²) < 4.78 is 0. The maximum Gasteiger partial charge on any atom is 0.335 e. The number of carboxylic acid groups (broad SMARTS) is 1. The summed E-state index contributed by atoms with van der Waals surface area (Å²) in [5.41, 5.74) is 5.29. The summed E-state index contributed by atoms with van der Waals surface area (Å²) in [5.74, 6) is -0.910. The molecule has 0 heterocycles. The van der Waals surface area contributed by atoms with E-state index in [-0.39, 0.29) is 5.56 Å². The predicted molar refractivity (Wildman–Crippen MR) is 95.2 cm³/mol. The molecule has 1 saturated carbocycles. The van der Waals surface area contributed by atoms with Crippen LogP contribution < -0.4 is 5.43 Å². The molecule has 0 aromatic heterocycles. The van der Waals surface area contributed by atoms with Crippen molar-refractivity contribution in [1.29, 1.82) is 0 Å². The summed E-state index contributed by atoms with van der Waals surface area (Å²) in [5, 5.41) is 13.6. The van der Waals surface area contributed by atoms with Crippen molar-refractivity contribution in [2.45, 2.75) is 70.6 Å². The van der Waals surface area contributed by atoms with Crippen LogP contribution in [-0.2, 0) is 0 Å². The minimum Gasteiger partial charge on any atom is -0.478 e. The van der Waals surface area contributed by atoms with Crippen molar-refractivity contribution >= 4 is 17.4 Å². The van der Waals surface area contributed by atoms with E-state index in [9.17, 15) is 4.79 Å². The molecule has 0 saturated heterocycles. The fourth-order valence-corrected chi connectivity index (χ4v) is 3.00. The largest absolute Gasteiger partial charge is 0.478 e. The number of hydrazone groups is 1. The first-order valence-electron chi connectivity index (χ1n) is 8.90. The fourth-order valence-electron chi connectivity index (χ4n) is 3.00. The van der Waals surface area contributed by atoms with Crippen molar-refractivity contribution in [3.63, 3.8) is 0 Å². The Bertz CT molecular complexity index is 512. The van der Waals surface area contributed by atoms with E-state index in [1.807, 2.05) is 6.07 Å². The van der Waals surface area contributed by atoms with Gasteiger partial charge in [0.1, 0.15) is 0 Å². The van der Waals surface area contributed by atoms with Crippen LogP contribution in [0.15, 0.2) is 29.4 Å². The van der Waals surface area contributed by atoms with Crippen LogP contribution >= 0.6 is 0 Å². The van der Waals surface area contributed by atoms with Crippen molar-refractivity contribution in [3.05, 3.63) is 29.8 Å². The van der Waals surface area contributed by atoms with Crippen molar-refractivity contribution in [2.75, 3.05) is 5.43 Å². The van der Waals surface area contributed by atoms with Gasteiger partial charge in [-0.1, -0.05) is 51.0 Å². The third-order valence-electron chi connectivity index (χ3n) is 4.38. The summed E-state index contributed by atoms with van der Waals surface area (Å²) in [6.45, 7) is 0. The van der Waals surface area contributed by atoms with Gasteiger partial charge in [0.2, 0.25) is 0 Å². The topological polar surface area (TPSA) is 61.7 Å². The fraction of sp³-hybridized carbons (Fsp3) is 0.579. The predicted octanol–water partition coefficient (Wildman–Crippen LogP) is 5.46. The van der Waals surface area contributed by atoms with Gasteiger partial charge in [0.05, 0.1) is 11.3 Å². The first kappa shape index (κ1) is 17.5. The Morgan fingerprint density at radius 2 is 1.48 bits per heavy atom. The normalized spacial score (nSPS) is 17.7. The molecule has 0 unspecified atom stereocenters. The Morgan fingerprint density at radius 3 is 2.04 bits per heavy atom. The molecule has 0 bridgehead atoms. The first-order chi connectivity index (χ1) is 11.3. The lowest BCUT2D eigenvalue weighted by molar-refractivity contribution is 0.0697. The van der Waals surface area contributed by atoms with Gasteiger partial charge in [-0.05, 0) is 43.9 Å². The van der Waals surface area contributed by atoms with E-state index in [4.69, 9.17) is 5.11 Å². The highest BCUT2D eigenvalue weighted by Crippen LogP contribution is 2.16. The lowest BCUT2D eigenvalue weighted by Crippen LogP contribution is -2.04. The van der Waals surface area contributed by atoms with E-state index in [1.165, 1.54) is 63.5 Å². The smallest absolute Gasteiger partial charge is 0.335 e. The average Bonchev–Trinajstić information content (AvgIpc) is 2.54. The zero-order chi connectivity index (χ0) is 16.3. The molecule has 0 aliphatic heterocycles. The van der Waals surface area contributed by atoms with Gasteiger partial charge in [-0.25, -0.2) is 4.79 Å². The Morgan fingerprint density at radius 1 is 0.913 bits per heavy atom. The Kier molecular flexibility index (Phi) is 7.64. The van der Waals surface area contributed by atoms with Crippen molar-refractivity contribution < 1.29 is 9.90 Å². The number of anilines is 1. The third-order valence-corrected chi connectivity index (χ3v) is 4.38. The van der Waals surface area contributed by atoms with E-state index in [2.05, 4.69) is 10.5 Å². The first-order valence-corrected chi connectivity index (χ1v) is 8.90. The van der Waals surface area contributed by atoms with Crippen LogP contribution in [0, 0.1) is 0 Å². The highest BCUT2D eigenvalue weighted by Gasteiger charge is 2.05. The van der Waals surface area contributed by atoms with E-state index >= 15 is 0 Å². The standard InChI is InChI=1S/C19H28N2O2/c22-19(23)16-11-10-14-18(15-16)21-20-17-12-8-6-4-2-1-3-5-7-9-13-17/h10-11,14-15,21H,1-9,12-13H2,(H,22,23). The van der Waals surface area contributed by atoms with Crippen LogP contribution in [0.25, 0.3) is 0 Å². The summed E-state index contributed by atoms with van der Waals surface area (Å²) in [6.07, 6.45) is 13.9. The minimum absolute atomic E-state index is 0.286. The van der Waals surface area contributed by atoms with Crippen LogP contribution in [0.3, 0.4) is 0 Å². The Balaban J connectivity index is 1.93. The van der Waals surface area contributed by atoms with E-state index in [0.29, 0.717) is 0 Å². The molecule has 1 fully saturated rings. The number of carbonyl (C=O) groups is 1. The molecule has 1 aliphatic carbocycles. The lowest BCUT2D eigenvalue weighted by atomic mass is 10.00. The van der Waals surface area contributed by atoms with Gasteiger partial charge in [0.15, 0.2) is 0 Å². The molecule has 2 rings (SSSR count). The van der Waals surface area contributed by atoms with Crippen LogP contribution in [-0.4, -0.2) is 16.8 Å². The second-order valence-electron chi connectivity index (χ2n) is 6.36. The second-order valence-corrected chi connectivity index (χ2v) is 6.36. The Labute approximate surface area is 139 Å². The van der Waals surface area contributed by atoms with Crippen LogP contribution in [0.1, 0.15) is 81.0 Å². The minimum atomic E-state index is -0.910. The lowest BCUT2D eigenvalue weighted by Gasteiger charge is -2.10. The summed E-state index contributed by atoms with van der Waals surface area (Å²) in [4.78, 5) is 11.0. The molecule has 0 atom stereocenters. The molecule has 0 spiro atoms. The van der Waals surface area contributed by atoms with Gasteiger partial charge in [-0.3, -0.25) is 5.43 Å². The molecule has 4 heteroatoms. The van der Waals surface area contributed by atoms with Gasteiger partial charge in [0.25, 0.3) is 0 Å². The molecule has 0 amide bonds. The molecule has 4 nitrogen and oxygen atoms in total. The molecular weight excluding hydrogens is 288 g/mol. The maximum absolute atomic E-state index is 11.0. The average molecular weight is 316 g/mol. The molecule has 0 radical (unpaired) electrons. The molecular formula is C19H28N2O2. The van der Waals surface area contributed by atoms with Crippen LogP contribution in [0.5, 0.6) is 0 Å². The number of hydrogen-bond donors (Lipinski definition) is 2. The number of benzene rings is 1. The van der Waals surface area contributed by atoms with Crippen molar-refractivity contribution in [1.82, 2.24) is 0 Å². The monoisotopic (exact) mass is 316 g/mol. The number of rotatable bonds is 3. The zero-order valence-corrected chi connectivity index (χ0v) is 13.9. The maximum atomic E-state index is 11.0. The molecule has 1 aromatic carbocycles. The molecule has 23 heavy (non-hydrogen) atoms. The highest BCUT2D eigenvalue weighted by molar-refractivity contribution is 5.89. The number of hydrogen-bond acceptors (Lipinski definition) is 3. The molecule has 126 valence electrons. The van der Waals surface area contributed by atoms with Gasteiger partial charge in [-0.2, -0.15) is 5.10 Å². The molecule has 1 aromatic rings. The van der Waals surface area contributed by atoms with Crippen molar-refractivity contribution in [2.24, 2.45) is 5.10 Å². The molecule has 2 N–H and O–H groups in total. The quantitative estimate of drug-likeness (QED) is 0.728. The highest BCUT2D eigenvalue weighted by atomic mass is 16.4. The van der Waals surface area contributed by atoms with Gasteiger partial charge in [0, 0.05) is 5.71 Å². The van der Waals surface area contributed by atoms with E-state index in [1.54, 1.807) is 18.2 Å². The van der Waals surface area contributed by atoms with Crippen LogP contribution in [0.4, 0.5) is 5.69 Å².